The minimum Gasteiger partial charge on any atom is -0.496 e. The lowest BCUT2D eigenvalue weighted by atomic mass is 10.0. The van der Waals surface area contributed by atoms with Crippen molar-refractivity contribution < 1.29 is 9.84 Å². The Labute approximate surface area is 84.7 Å². The molecule has 1 aromatic carbocycles. The molecule has 78 valence electrons. The van der Waals surface area contributed by atoms with Crippen LogP contribution in [0.4, 0.5) is 0 Å². The second-order valence-corrected chi connectivity index (χ2v) is 3.30. The second-order valence-electron chi connectivity index (χ2n) is 3.30. The van der Waals surface area contributed by atoms with Crippen LogP contribution < -0.4 is 10.1 Å². The molecule has 14 heavy (non-hydrogen) atoms. The first-order chi connectivity index (χ1) is 6.61. The molecule has 0 aliphatic carbocycles. The van der Waals surface area contributed by atoms with E-state index in [1.165, 1.54) is 0 Å². The summed E-state index contributed by atoms with van der Waals surface area (Å²) in [6, 6.07) is 3.75. The minimum atomic E-state index is -0.611. The molecule has 0 bridgehead atoms. The first-order valence-electron chi connectivity index (χ1n) is 4.61. The molecule has 1 unspecified atom stereocenters. The Morgan fingerprint density at radius 3 is 2.43 bits per heavy atom. The zero-order valence-corrected chi connectivity index (χ0v) is 9.09. The van der Waals surface area contributed by atoms with E-state index >= 15 is 0 Å². The van der Waals surface area contributed by atoms with Gasteiger partial charge in [0.15, 0.2) is 0 Å². The fourth-order valence-electron chi connectivity index (χ4n) is 1.49. The van der Waals surface area contributed by atoms with Crippen LogP contribution >= 0.6 is 0 Å². The number of benzene rings is 1. The predicted octanol–water partition coefficient (Wildman–Crippen LogP) is 1.52. The quantitative estimate of drug-likeness (QED) is 0.718. The molecular weight excluding hydrogens is 178 g/mol. The Morgan fingerprint density at radius 1 is 1.29 bits per heavy atom. The van der Waals surface area contributed by atoms with Gasteiger partial charge in [0.25, 0.3) is 0 Å². The molecule has 3 nitrogen and oxygen atoms in total. The van der Waals surface area contributed by atoms with Crippen LogP contribution in [-0.2, 0) is 0 Å². The van der Waals surface area contributed by atoms with Crippen LogP contribution in [0.3, 0.4) is 0 Å². The maximum absolute atomic E-state index is 9.65. The smallest absolute Gasteiger partial charge is 0.131 e. The molecule has 0 aliphatic rings. The van der Waals surface area contributed by atoms with E-state index in [1.807, 2.05) is 26.0 Å². The number of aliphatic hydroxyl groups is 1. The summed E-state index contributed by atoms with van der Waals surface area (Å²) < 4.78 is 5.19. The Morgan fingerprint density at radius 2 is 1.93 bits per heavy atom. The van der Waals surface area contributed by atoms with Crippen molar-refractivity contribution in [3.05, 3.63) is 28.8 Å². The molecule has 3 heteroatoms. The summed E-state index contributed by atoms with van der Waals surface area (Å²) in [6.45, 7) is 3.97. The first kappa shape index (κ1) is 11.0. The fourth-order valence-corrected chi connectivity index (χ4v) is 1.49. The van der Waals surface area contributed by atoms with Crippen LogP contribution in [0.1, 0.15) is 22.9 Å². The lowest BCUT2D eigenvalue weighted by molar-refractivity contribution is 0.148. The van der Waals surface area contributed by atoms with E-state index in [0.717, 1.165) is 22.4 Å². The van der Waals surface area contributed by atoms with E-state index in [1.54, 1.807) is 14.2 Å². The van der Waals surface area contributed by atoms with Gasteiger partial charge in [0.05, 0.1) is 7.11 Å². The number of methoxy groups -OCH3 is 1. The van der Waals surface area contributed by atoms with Gasteiger partial charge in [0.2, 0.25) is 0 Å². The van der Waals surface area contributed by atoms with Crippen LogP contribution in [0, 0.1) is 13.8 Å². The third kappa shape index (κ3) is 1.89. The fraction of sp³-hybridized carbons (Fsp3) is 0.455. The van der Waals surface area contributed by atoms with Crippen LogP contribution in [0.2, 0.25) is 0 Å². The second kappa shape index (κ2) is 4.44. The molecule has 0 saturated heterocycles. The SMILES string of the molecule is CNC(O)c1ccc(OC)c(C)c1C. The van der Waals surface area contributed by atoms with Gasteiger partial charge in [-0.05, 0) is 43.7 Å². The molecule has 1 aromatic rings. The zero-order valence-electron chi connectivity index (χ0n) is 9.09. The minimum absolute atomic E-state index is 0.611. The molecule has 0 fully saturated rings. The summed E-state index contributed by atoms with van der Waals surface area (Å²) >= 11 is 0. The molecule has 2 N–H and O–H groups in total. The third-order valence-corrected chi connectivity index (χ3v) is 2.57. The number of hydrogen-bond donors (Lipinski definition) is 2. The highest BCUT2D eigenvalue weighted by Gasteiger charge is 2.11. The Hall–Kier alpha value is -1.06. The summed E-state index contributed by atoms with van der Waals surface area (Å²) in [6.07, 6.45) is -0.611. The molecule has 1 atom stereocenters. The molecule has 0 saturated carbocycles. The van der Waals surface area contributed by atoms with Crippen molar-refractivity contribution in [2.75, 3.05) is 14.2 Å². The molecule has 0 amide bonds. The summed E-state index contributed by atoms with van der Waals surface area (Å²) in [4.78, 5) is 0. The van der Waals surface area contributed by atoms with E-state index in [9.17, 15) is 5.11 Å². The average Bonchev–Trinajstić information content (AvgIpc) is 2.21. The highest BCUT2D eigenvalue weighted by molar-refractivity contribution is 5.44. The number of rotatable bonds is 3. The number of nitrogens with one attached hydrogen (secondary N) is 1. The van der Waals surface area contributed by atoms with E-state index in [-0.39, 0.29) is 0 Å². The van der Waals surface area contributed by atoms with Crippen molar-refractivity contribution in [2.45, 2.75) is 20.1 Å². The Balaban J connectivity index is 3.17. The van der Waals surface area contributed by atoms with Gasteiger partial charge in [-0.3, -0.25) is 5.32 Å². The Bertz CT molecular complexity index is 323. The van der Waals surface area contributed by atoms with Crippen molar-refractivity contribution in [2.24, 2.45) is 0 Å². The van der Waals surface area contributed by atoms with E-state index in [0.29, 0.717) is 0 Å². The van der Waals surface area contributed by atoms with Crippen LogP contribution in [0.25, 0.3) is 0 Å². The Kier molecular flexibility index (Phi) is 3.49. The van der Waals surface area contributed by atoms with Gasteiger partial charge in [0.1, 0.15) is 12.0 Å². The topological polar surface area (TPSA) is 41.5 Å². The van der Waals surface area contributed by atoms with Crippen LogP contribution in [0.5, 0.6) is 5.75 Å². The van der Waals surface area contributed by atoms with Crippen molar-refractivity contribution in [1.82, 2.24) is 5.32 Å². The van der Waals surface area contributed by atoms with Crippen molar-refractivity contribution in [1.29, 1.82) is 0 Å². The third-order valence-electron chi connectivity index (χ3n) is 2.57. The number of ether oxygens (including phenoxy) is 1. The molecular formula is C11H17NO2. The highest BCUT2D eigenvalue weighted by Crippen LogP contribution is 2.26. The largest absolute Gasteiger partial charge is 0.496 e. The zero-order chi connectivity index (χ0) is 10.7. The first-order valence-corrected chi connectivity index (χ1v) is 4.61. The van der Waals surface area contributed by atoms with Gasteiger partial charge in [-0.25, -0.2) is 0 Å². The van der Waals surface area contributed by atoms with Gasteiger partial charge < -0.3 is 9.84 Å². The van der Waals surface area contributed by atoms with E-state index in [2.05, 4.69) is 5.32 Å². The molecule has 1 rings (SSSR count). The van der Waals surface area contributed by atoms with Crippen LogP contribution in [0.15, 0.2) is 12.1 Å². The van der Waals surface area contributed by atoms with E-state index in [4.69, 9.17) is 4.74 Å². The van der Waals surface area contributed by atoms with Crippen LogP contribution in [-0.4, -0.2) is 19.3 Å². The number of hydrogen-bond acceptors (Lipinski definition) is 3. The molecule has 0 radical (unpaired) electrons. The maximum atomic E-state index is 9.65. The molecule has 0 aromatic heterocycles. The summed E-state index contributed by atoms with van der Waals surface area (Å²) in [5.74, 6) is 0.856. The van der Waals surface area contributed by atoms with Gasteiger partial charge >= 0.3 is 0 Å². The average molecular weight is 195 g/mol. The lowest BCUT2D eigenvalue weighted by Crippen LogP contribution is -2.16. The summed E-state index contributed by atoms with van der Waals surface area (Å²) in [5, 5.41) is 12.4. The molecule has 0 heterocycles. The summed E-state index contributed by atoms with van der Waals surface area (Å²) in [7, 11) is 3.37. The van der Waals surface area contributed by atoms with Crippen molar-refractivity contribution >= 4 is 0 Å². The highest BCUT2D eigenvalue weighted by atomic mass is 16.5. The maximum Gasteiger partial charge on any atom is 0.131 e. The normalized spacial score (nSPS) is 12.6. The van der Waals surface area contributed by atoms with Gasteiger partial charge in [-0.1, -0.05) is 6.07 Å². The monoisotopic (exact) mass is 195 g/mol. The lowest BCUT2D eigenvalue weighted by Gasteiger charge is -2.16. The summed E-state index contributed by atoms with van der Waals surface area (Å²) in [5.41, 5.74) is 3.02. The molecule has 0 aliphatic heterocycles. The van der Waals surface area contributed by atoms with Gasteiger partial charge in [0, 0.05) is 0 Å². The van der Waals surface area contributed by atoms with Gasteiger partial charge in [-0.15, -0.1) is 0 Å². The predicted molar refractivity (Wildman–Crippen MR) is 56.5 cm³/mol. The number of aliphatic hydroxyl groups excluding tert-OH is 1. The van der Waals surface area contributed by atoms with E-state index < -0.39 is 6.23 Å². The van der Waals surface area contributed by atoms with Crippen molar-refractivity contribution in [3.63, 3.8) is 0 Å². The standard InChI is InChI=1S/C11H17NO2/c1-7-8(2)10(14-4)6-5-9(7)11(13)12-3/h5-6,11-13H,1-4H3. The molecule has 0 spiro atoms. The van der Waals surface area contributed by atoms with Crippen molar-refractivity contribution in [3.8, 4) is 5.75 Å². The van der Waals surface area contributed by atoms with Gasteiger partial charge in [-0.2, -0.15) is 0 Å².